The molecule has 4 rings (SSSR count). The first-order valence-electron chi connectivity index (χ1n) is 12.1. The van der Waals surface area contributed by atoms with E-state index in [1.165, 1.54) is 37.4 Å². The van der Waals surface area contributed by atoms with Crippen LogP contribution >= 0.6 is 0 Å². The minimum atomic E-state index is -4.59. The molecular weight excluding hydrogens is 536 g/mol. The maximum atomic E-state index is 13.6. The summed E-state index contributed by atoms with van der Waals surface area (Å²) in [5, 5.41) is 3.16. The predicted octanol–water partition coefficient (Wildman–Crippen LogP) is 6.87. The fraction of sp³-hybridized carbons (Fsp3) is 0.241. The van der Waals surface area contributed by atoms with Crippen molar-refractivity contribution in [1.29, 1.82) is 0 Å². The summed E-state index contributed by atoms with van der Waals surface area (Å²) in [6, 6.07) is 17.7. The van der Waals surface area contributed by atoms with Crippen molar-refractivity contribution in [2.24, 2.45) is 4.99 Å². The second kappa shape index (κ2) is 11.4. The molecular formula is C29H25F6N3O2. The lowest BCUT2D eigenvalue weighted by Crippen LogP contribution is -2.48. The highest BCUT2D eigenvalue weighted by Gasteiger charge is 2.36. The second-order valence-electron chi connectivity index (χ2n) is 9.05. The second-order valence-corrected chi connectivity index (χ2v) is 9.05. The molecule has 0 aromatic heterocycles. The van der Waals surface area contributed by atoms with E-state index in [1.54, 1.807) is 42.2 Å². The Balaban J connectivity index is 1.80. The Morgan fingerprint density at radius 3 is 2.12 bits per heavy atom. The van der Waals surface area contributed by atoms with Gasteiger partial charge >= 0.3 is 18.3 Å². The lowest BCUT2D eigenvalue weighted by atomic mass is 9.94. The number of halogens is 6. The van der Waals surface area contributed by atoms with Crippen LogP contribution in [-0.4, -0.2) is 23.9 Å². The summed E-state index contributed by atoms with van der Waals surface area (Å²) < 4.78 is 85.1. The number of nitrogens with zero attached hydrogens (tertiary/aromatic N) is 2. The Morgan fingerprint density at radius 2 is 1.52 bits per heavy atom. The van der Waals surface area contributed by atoms with Crippen LogP contribution in [0.1, 0.15) is 40.8 Å². The van der Waals surface area contributed by atoms with E-state index in [-0.39, 0.29) is 30.2 Å². The van der Waals surface area contributed by atoms with Gasteiger partial charge in [0.05, 0.1) is 42.9 Å². The van der Waals surface area contributed by atoms with E-state index in [9.17, 15) is 31.1 Å². The average molecular weight is 562 g/mol. The topological polar surface area (TPSA) is 53.9 Å². The van der Waals surface area contributed by atoms with Crippen molar-refractivity contribution in [1.82, 2.24) is 10.2 Å². The van der Waals surface area contributed by atoms with Crippen LogP contribution in [0.5, 0.6) is 0 Å². The highest BCUT2D eigenvalue weighted by molar-refractivity contribution is 5.96. The van der Waals surface area contributed by atoms with Crippen molar-refractivity contribution in [3.8, 4) is 0 Å². The zero-order valence-electron chi connectivity index (χ0n) is 21.5. The van der Waals surface area contributed by atoms with E-state index in [2.05, 4.69) is 10.3 Å². The van der Waals surface area contributed by atoms with Crippen LogP contribution < -0.4 is 5.32 Å². The summed E-state index contributed by atoms with van der Waals surface area (Å²) in [4.78, 5) is 18.9. The maximum Gasteiger partial charge on any atom is 0.416 e. The van der Waals surface area contributed by atoms with Crippen molar-refractivity contribution in [3.05, 3.63) is 118 Å². The summed E-state index contributed by atoms with van der Waals surface area (Å²) in [6.45, 7) is 1.27. The fourth-order valence-electron chi connectivity index (χ4n) is 4.46. The highest BCUT2D eigenvalue weighted by atomic mass is 19.4. The van der Waals surface area contributed by atoms with E-state index < -0.39 is 35.5 Å². The Morgan fingerprint density at radius 1 is 0.900 bits per heavy atom. The van der Waals surface area contributed by atoms with Crippen LogP contribution in [0.4, 0.5) is 26.3 Å². The van der Waals surface area contributed by atoms with Gasteiger partial charge in [-0.2, -0.15) is 26.3 Å². The number of carbonyl (C=O) groups is 1. The normalized spacial score (nSPS) is 17.1. The summed E-state index contributed by atoms with van der Waals surface area (Å²) in [5.41, 5.74) is 0.0523. The molecule has 210 valence electrons. The van der Waals surface area contributed by atoms with Crippen LogP contribution in [0, 0.1) is 0 Å². The van der Waals surface area contributed by atoms with Crippen molar-refractivity contribution < 1.29 is 35.9 Å². The molecule has 0 saturated carbocycles. The van der Waals surface area contributed by atoms with Gasteiger partial charge in [-0.25, -0.2) is 9.79 Å². The molecule has 0 bridgehead atoms. The Bertz CT molecular complexity index is 1410. The third-order valence-corrected chi connectivity index (χ3v) is 6.49. The van der Waals surface area contributed by atoms with Gasteiger partial charge in [0.15, 0.2) is 5.96 Å². The lowest BCUT2D eigenvalue weighted by molar-refractivity contribution is -0.138. The molecule has 3 aromatic rings. The number of guanidine groups is 1. The molecule has 40 heavy (non-hydrogen) atoms. The Hall–Kier alpha value is -4.28. The number of hydrogen-bond acceptors (Lipinski definition) is 3. The van der Waals surface area contributed by atoms with Crippen LogP contribution in [0.2, 0.25) is 0 Å². The minimum absolute atomic E-state index is 0.0152. The molecule has 0 radical (unpaired) electrons. The number of alkyl halides is 6. The molecule has 0 amide bonds. The van der Waals surface area contributed by atoms with Gasteiger partial charge in [-0.05, 0) is 41.8 Å². The zero-order valence-corrected chi connectivity index (χ0v) is 21.5. The number of rotatable bonds is 6. The van der Waals surface area contributed by atoms with Crippen molar-refractivity contribution in [3.63, 3.8) is 0 Å². The number of esters is 1. The first kappa shape index (κ1) is 28.7. The molecule has 1 unspecified atom stereocenters. The standard InChI is InChI=1S/C29H25F6N3O2/c1-18-24(26(39)40-2)25(20-8-4-3-5-9-20)37-27(36-16-21-10-6-7-11-23(21)29(33,34)35)38(18)17-19-12-14-22(15-13-19)28(30,31)32/h3-15,25H,16-17H2,1-2H3,(H,36,37). The van der Waals surface area contributed by atoms with Gasteiger partial charge in [0.25, 0.3) is 0 Å². The molecule has 1 aliphatic heterocycles. The number of ether oxygens (including phenoxy) is 1. The van der Waals surface area contributed by atoms with E-state index in [0.717, 1.165) is 18.2 Å². The zero-order chi connectivity index (χ0) is 29.1. The maximum absolute atomic E-state index is 13.6. The quantitative estimate of drug-likeness (QED) is 0.264. The number of aliphatic imine (C=N–C) groups is 1. The van der Waals surface area contributed by atoms with Crippen molar-refractivity contribution in [2.45, 2.75) is 38.4 Å². The fourth-order valence-corrected chi connectivity index (χ4v) is 4.46. The third-order valence-electron chi connectivity index (χ3n) is 6.49. The van der Waals surface area contributed by atoms with Gasteiger partial charge in [0.1, 0.15) is 0 Å². The van der Waals surface area contributed by atoms with Crippen LogP contribution in [-0.2, 0) is 35.0 Å². The van der Waals surface area contributed by atoms with Gasteiger partial charge in [0, 0.05) is 5.70 Å². The smallest absolute Gasteiger partial charge is 0.416 e. The van der Waals surface area contributed by atoms with E-state index in [4.69, 9.17) is 4.74 Å². The first-order valence-corrected chi connectivity index (χ1v) is 12.1. The number of allylic oxidation sites excluding steroid dienone is 1. The molecule has 1 atom stereocenters. The van der Waals surface area contributed by atoms with Gasteiger partial charge in [-0.15, -0.1) is 0 Å². The number of benzene rings is 3. The van der Waals surface area contributed by atoms with Gasteiger partial charge < -0.3 is 15.0 Å². The third kappa shape index (κ3) is 6.30. The molecule has 0 saturated heterocycles. The molecule has 3 aromatic carbocycles. The Labute approximate surface area is 226 Å². The van der Waals surface area contributed by atoms with Crippen molar-refractivity contribution in [2.75, 3.05) is 7.11 Å². The molecule has 5 nitrogen and oxygen atoms in total. The van der Waals surface area contributed by atoms with E-state index >= 15 is 0 Å². The summed E-state index contributed by atoms with van der Waals surface area (Å²) in [5.74, 6) is -0.492. The monoisotopic (exact) mass is 561 g/mol. The number of nitrogens with one attached hydrogen (secondary N) is 1. The number of hydrogen-bond donors (Lipinski definition) is 1. The predicted molar refractivity (Wildman–Crippen MR) is 137 cm³/mol. The lowest BCUT2D eigenvalue weighted by Gasteiger charge is -2.38. The van der Waals surface area contributed by atoms with Crippen LogP contribution in [0.25, 0.3) is 0 Å². The minimum Gasteiger partial charge on any atom is -0.466 e. The summed E-state index contributed by atoms with van der Waals surface area (Å²) in [6.07, 6.45) is -9.10. The summed E-state index contributed by atoms with van der Waals surface area (Å²) in [7, 11) is 1.22. The molecule has 1 N–H and O–H groups in total. The van der Waals surface area contributed by atoms with Crippen molar-refractivity contribution >= 4 is 11.9 Å². The van der Waals surface area contributed by atoms with Crippen LogP contribution in [0.3, 0.4) is 0 Å². The SMILES string of the molecule is COC(=O)C1=C(C)N(Cc2ccc(C(F)(F)F)cc2)C(=NCc2ccccc2C(F)(F)F)NC1c1ccccc1. The van der Waals surface area contributed by atoms with Gasteiger partial charge in [-0.1, -0.05) is 60.7 Å². The molecule has 0 spiro atoms. The average Bonchev–Trinajstić information content (AvgIpc) is 2.92. The number of carbonyl (C=O) groups excluding carboxylic acids is 1. The molecule has 1 heterocycles. The van der Waals surface area contributed by atoms with E-state index in [1.807, 2.05) is 0 Å². The largest absolute Gasteiger partial charge is 0.466 e. The van der Waals surface area contributed by atoms with Gasteiger partial charge in [0.2, 0.25) is 0 Å². The molecule has 1 aliphatic rings. The highest BCUT2D eigenvalue weighted by Crippen LogP contribution is 2.35. The molecule has 0 aliphatic carbocycles. The summed E-state index contributed by atoms with van der Waals surface area (Å²) >= 11 is 0. The van der Waals surface area contributed by atoms with Gasteiger partial charge in [-0.3, -0.25) is 0 Å². The Kier molecular flexibility index (Phi) is 8.22. The van der Waals surface area contributed by atoms with E-state index in [0.29, 0.717) is 16.8 Å². The first-order chi connectivity index (χ1) is 18.9. The van der Waals surface area contributed by atoms with Crippen LogP contribution in [0.15, 0.2) is 95.1 Å². The molecule has 0 fully saturated rings. The molecule has 11 heteroatoms. The number of methoxy groups -OCH3 is 1.